The van der Waals surface area contributed by atoms with Crippen LogP contribution in [0.1, 0.15) is 91.4 Å². The SMILES string of the molecule is CCCCCCCCCCCCCN(C)[C@@H](C(=O)O)C(C)C. The van der Waals surface area contributed by atoms with Gasteiger partial charge in [0.2, 0.25) is 0 Å². The van der Waals surface area contributed by atoms with E-state index in [0.29, 0.717) is 0 Å². The predicted octanol–water partition coefficient (Wildman–Crippen LogP) is 5.34. The number of carboxylic acid groups (broad SMARTS) is 1. The maximum Gasteiger partial charge on any atom is 0.321 e. The molecule has 3 nitrogen and oxygen atoms in total. The van der Waals surface area contributed by atoms with Crippen LogP contribution < -0.4 is 0 Å². The average molecular weight is 314 g/mol. The molecule has 0 aromatic heterocycles. The summed E-state index contributed by atoms with van der Waals surface area (Å²) in [4.78, 5) is 13.2. The van der Waals surface area contributed by atoms with Crippen molar-refractivity contribution in [2.24, 2.45) is 5.92 Å². The van der Waals surface area contributed by atoms with E-state index >= 15 is 0 Å². The van der Waals surface area contributed by atoms with E-state index in [4.69, 9.17) is 0 Å². The molecule has 132 valence electrons. The lowest BCUT2D eigenvalue weighted by atomic mass is 10.0. The molecule has 22 heavy (non-hydrogen) atoms. The third kappa shape index (κ3) is 11.1. The highest BCUT2D eigenvalue weighted by Crippen LogP contribution is 2.13. The van der Waals surface area contributed by atoms with Crippen molar-refractivity contribution in [1.82, 2.24) is 4.90 Å². The molecule has 0 radical (unpaired) electrons. The zero-order valence-electron chi connectivity index (χ0n) is 15.4. The third-order valence-corrected chi connectivity index (χ3v) is 4.47. The number of nitrogens with zero attached hydrogens (tertiary/aromatic N) is 1. The molecule has 0 aliphatic rings. The normalized spacial score (nSPS) is 13.0. The molecule has 0 aliphatic carbocycles. The maximum absolute atomic E-state index is 11.2. The highest BCUT2D eigenvalue weighted by Gasteiger charge is 2.25. The average Bonchev–Trinajstić information content (AvgIpc) is 2.44. The largest absolute Gasteiger partial charge is 0.480 e. The van der Waals surface area contributed by atoms with Crippen molar-refractivity contribution in [2.75, 3.05) is 13.6 Å². The van der Waals surface area contributed by atoms with Gasteiger partial charge in [0, 0.05) is 0 Å². The second-order valence-corrected chi connectivity index (χ2v) is 7.04. The van der Waals surface area contributed by atoms with Gasteiger partial charge in [0.25, 0.3) is 0 Å². The van der Waals surface area contributed by atoms with Crippen LogP contribution in [0.5, 0.6) is 0 Å². The Bertz CT molecular complexity index is 266. The fourth-order valence-electron chi connectivity index (χ4n) is 3.15. The summed E-state index contributed by atoms with van der Waals surface area (Å²) in [6, 6.07) is -0.344. The van der Waals surface area contributed by atoms with Gasteiger partial charge in [-0.3, -0.25) is 9.69 Å². The second kappa shape index (κ2) is 14.0. The number of rotatable bonds is 15. The molecule has 0 amide bonds. The molecular weight excluding hydrogens is 274 g/mol. The van der Waals surface area contributed by atoms with Gasteiger partial charge < -0.3 is 5.11 Å². The highest BCUT2D eigenvalue weighted by molar-refractivity contribution is 5.73. The van der Waals surface area contributed by atoms with Gasteiger partial charge in [-0.05, 0) is 25.9 Å². The first kappa shape index (κ1) is 21.4. The molecule has 3 heteroatoms. The molecular formula is C19H39NO2. The van der Waals surface area contributed by atoms with Gasteiger partial charge in [-0.15, -0.1) is 0 Å². The minimum Gasteiger partial charge on any atom is -0.480 e. The molecule has 0 saturated carbocycles. The van der Waals surface area contributed by atoms with Crippen LogP contribution in [0.15, 0.2) is 0 Å². The van der Waals surface area contributed by atoms with Gasteiger partial charge in [-0.1, -0.05) is 85.0 Å². The number of hydrogen-bond donors (Lipinski definition) is 1. The number of carbonyl (C=O) groups is 1. The van der Waals surface area contributed by atoms with E-state index in [-0.39, 0.29) is 12.0 Å². The van der Waals surface area contributed by atoms with Crippen molar-refractivity contribution < 1.29 is 9.90 Å². The van der Waals surface area contributed by atoms with Gasteiger partial charge in [-0.25, -0.2) is 0 Å². The summed E-state index contributed by atoms with van der Waals surface area (Å²) < 4.78 is 0. The minimum atomic E-state index is -0.694. The van der Waals surface area contributed by atoms with E-state index < -0.39 is 5.97 Å². The summed E-state index contributed by atoms with van der Waals surface area (Å²) in [5.41, 5.74) is 0. The van der Waals surface area contributed by atoms with Crippen molar-refractivity contribution in [2.45, 2.75) is 97.4 Å². The zero-order valence-corrected chi connectivity index (χ0v) is 15.4. The molecule has 0 aliphatic heterocycles. The molecule has 0 saturated heterocycles. The first-order valence-electron chi connectivity index (χ1n) is 9.43. The first-order chi connectivity index (χ1) is 10.5. The summed E-state index contributed by atoms with van der Waals surface area (Å²) in [6.45, 7) is 7.12. The van der Waals surface area contributed by atoms with E-state index in [9.17, 15) is 9.90 Å². The third-order valence-electron chi connectivity index (χ3n) is 4.47. The van der Waals surface area contributed by atoms with Crippen molar-refractivity contribution >= 4 is 5.97 Å². The van der Waals surface area contributed by atoms with Gasteiger partial charge in [-0.2, -0.15) is 0 Å². The quantitative estimate of drug-likeness (QED) is 0.415. The number of likely N-dealkylation sites (N-methyl/N-ethyl adjacent to an activating group) is 1. The lowest BCUT2D eigenvalue weighted by molar-refractivity contribution is -0.144. The van der Waals surface area contributed by atoms with E-state index in [1.54, 1.807) is 0 Å². The summed E-state index contributed by atoms with van der Waals surface area (Å²) in [7, 11) is 1.94. The van der Waals surface area contributed by atoms with Crippen LogP contribution in [-0.4, -0.2) is 35.6 Å². The number of unbranched alkanes of at least 4 members (excludes halogenated alkanes) is 10. The van der Waals surface area contributed by atoms with E-state index in [0.717, 1.165) is 13.0 Å². The molecule has 0 spiro atoms. The van der Waals surface area contributed by atoms with Crippen LogP contribution >= 0.6 is 0 Å². The number of aliphatic carboxylic acids is 1. The highest BCUT2D eigenvalue weighted by atomic mass is 16.4. The molecule has 0 rings (SSSR count). The van der Waals surface area contributed by atoms with Gasteiger partial charge in [0.1, 0.15) is 6.04 Å². The van der Waals surface area contributed by atoms with Crippen molar-refractivity contribution in [3.05, 3.63) is 0 Å². The number of carboxylic acids is 1. The number of hydrogen-bond acceptors (Lipinski definition) is 2. The van der Waals surface area contributed by atoms with Crippen LogP contribution in [0.25, 0.3) is 0 Å². The first-order valence-corrected chi connectivity index (χ1v) is 9.43. The topological polar surface area (TPSA) is 40.5 Å². The Morgan fingerprint density at radius 3 is 1.64 bits per heavy atom. The van der Waals surface area contributed by atoms with Crippen LogP contribution in [0.4, 0.5) is 0 Å². The Hall–Kier alpha value is -0.570. The monoisotopic (exact) mass is 313 g/mol. The summed E-state index contributed by atoms with van der Waals surface area (Å²) >= 11 is 0. The van der Waals surface area contributed by atoms with Crippen LogP contribution in [0.3, 0.4) is 0 Å². The van der Waals surface area contributed by atoms with Crippen molar-refractivity contribution in [3.8, 4) is 0 Å². The summed E-state index contributed by atoms with van der Waals surface area (Å²) in [5.74, 6) is -0.532. The zero-order chi connectivity index (χ0) is 16.8. The Balaban J connectivity index is 3.47. The van der Waals surface area contributed by atoms with Gasteiger partial charge in [0.05, 0.1) is 0 Å². The van der Waals surface area contributed by atoms with Crippen LogP contribution in [0.2, 0.25) is 0 Å². The Morgan fingerprint density at radius 1 is 0.864 bits per heavy atom. The Labute approximate surface area is 138 Å². The molecule has 0 heterocycles. The van der Waals surface area contributed by atoms with Gasteiger partial charge in [0.15, 0.2) is 0 Å². The maximum atomic E-state index is 11.2. The van der Waals surface area contributed by atoms with Crippen molar-refractivity contribution in [3.63, 3.8) is 0 Å². The van der Waals surface area contributed by atoms with E-state index in [1.165, 1.54) is 64.2 Å². The molecule has 0 fully saturated rings. The van der Waals surface area contributed by atoms with Gasteiger partial charge >= 0.3 is 5.97 Å². The second-order valence-electron chi connectivity index (χ2n) is 7.04. The summed E-state index contributed by atoms with van der Waals surface area (Å²) in [6.07, 6.45) is 14.7. The van der Waals surface area contributed by atoms with Crippen LogP contribution in [0, 0.1) is 5.92 Å². The smallest absolute Gasteiger partial charge is 0.321 e. The fraction of sp³-hybridized carbons (Fsp3) is 0.947. The Kier molecular flexibility index (Phi) is 13.7. The summed E-state index contributed by atoms with van der Waals surface area (Å²) in [5, 5.41) is 9.25. The molecule has 0 unspecified atom stereocenters. The van der Waals surface area contributed by atoms with E-state index in [1.807, 2.05) is 25.8 Å². The standard InChI is InChI=1S/C19H39NO2/c1-5-6-7-8-9-10-11-12-13-14-15-16-20(4)18(17(2)3)19(21)22/h17-18H,5-16H2,1-4H3,(H,21,22)/t18-/m1/s1. The van der Waals surface area contributed by atoms with Crippen LogP contribution in [-0.2, 0) is 4.79 Å². The lowest BCUT2D eigenvalue weighted by Crippen LogP contribution is -2.42. The molecule has 1 atom stereocenters. The predicted molar refractivity (Wildman–Crippen MR) is 95.4 cm³/mol. The molecule has 0 aromatic rings. The minimum absolute atomic E-state index is 0.162. The van der Waals surface area contributed by atoms with Crippen molar-refractivity contribution in [1.29, 1.82) is 0 Å². The van der Waals surface area contributed by atoms with E-state index in [2.05, 4.69) is 6.92 Å². The fourth-order valence-corrected chi connectivity index (χ4v) is 3.15. The Morgan fingerprint density at radius 2 is 1.27 bits per heavy atom. The molecule has 0 aromatic carbocycles. The molecule has 1 N–H and O–H groups in total. The molecule has 0 bridgehead atoms. The lowest BCUT2D eigenvalue weighted by Gasteiger charge is -2.27.